The third-order valence-corrected chi connectivity index (χ3v) is 5.20. The number of phenols is 1. The van der Waals surface area contributed by atoms with Crippen LogP contribution in [0.3, 0.4) is 0 Å². The lowest BCUT2D eigenvalue weighted by Crippen LogP contribution is -2.15. The number of hydrogen-bond donors (Lipinski definition) is 1. The minimum atomic E-state index is 0. The van der Waals surface area contributed by atoms with Gasteiger partial charge in [0.15, 0.2) is 4.80 Å². The molecule has 0 unspecified atom stereocenters. The quantitative estimate of drug-likeness (QED) is 0.705. The van der Waals surface area contributed by atoms with Crippen LogP contribution in [0.15, 0.2) is 29.3 Å². The predicted octanol–water partition coefficient (Wildman–Crippen LogP) is 5.01. The number of benzene rings is 2. The number of hydrogen-bond acceptors (Lipinski definition) is 3. The van der Waals surface area contributed by atoms with Crippen LogP contribution in [0, 0.1) is 6.92 Å². The molecular weight excluding hydrogens is 328 g/mol. The second-order valence-corrected chi connectivity index (χ2v) is 6.59. The molecule has 1 aromatic heterocycles. The van der Waals surface area contributed by atoms with Crippen molar-refractivity contribution in [2.24, 2.45) is 4.99 Å². The van der Waals surface area contributed by atoms with Gasteiger partial charge in [-0.15, -0.1) is 12.4 Å². The second kappa shape index (κ2) is 7.37. The number of aryl methyl sites for hydroxylation is 2. The summed E-state index contributed by atoms with van der Waals surface area (Å²) in [5.41, 5.74) is 2.18. The maximum Gasteiger partial charge on any atom is 0.185 e. The van der Waals surface area contributed by atoms with Gasteiger partial charge in [0.2, 0.25) is 0 Å². The average Bonchev–Trinajstić information content (AvgIpc) is 2.90. The van der Waals surface area contributed by atoms with E-state index in [1.54, 1.807) is 11.3 Å². The maximum atomic E-state index is 10.5. The molecule has 0 aliphatic heterocycles. The van der Waals surface area contributed by atoms with Gasteiger partial charge in [0.1, 0.15) is 5.75 Å². The van der Waals surface area contributed by atoms with E-state index in [2.05, 4.69) is 24.5 Å². The number of nitrogens with zero attached hydrogens (tertiary/aromatic N) is 2. The summed E-state index contributed by atoms with van der Waals surface area (Å²) >= 11 is 1.70. The Labute approximate surface area is 146 Å². The summed E-state index contributed by atoms with van der Waals surface area (Å²) in [5, 5.41) is 12.6. The van der Waals surface area contributed by atoms with Crippen LogP contribution in [-0.2, 0) is 6.54 Å². The summed E-state index contributed by atoms with van der Waals surface area (Å²) in [6.07, 6.45) is 2.12. The van der Waals surface area contributed by atoms with E-state index >= 15 is 0 Å². The van der Waals surface area contributed by atoms with Crippen LogP contribution in [0.25, 0.3) is 21.0 Å². The van der Waals surface area contributed by atoms with Gasteiger partial charge in [0.05, 0.1) is 10.2 Å². The molecule has 3 nitrogen and oxygen atoms in total. The van der Waals surface area contributed by atoms with Crippen LogP contribution in [0.5, 0.6) is 5.75 Å². The summed E-state index contributed by atoms with van der Waals surface area (Å²) in [6.45, 7) is 8.14. The Morgan fingerprint density at radius 2 is 1.83 bits per heavy atom. The largest absolute Gasteiger partial charge is 0.507 e. The number of aromatic hydroxyl groups is 1. The number of halogens is 1. The molecule has 2 aromatic carbocycles. The van der Waals surface area contributed by atoms with Gasteiger partial charge in [-0.2, -0.15) is 0 Å². The van der Waals surface area contributed by atoms with Crippen molar-refractivity contribution in [3.8, 4) is 5.75 Å². The molecule has 23 heavy (non-hydrogen) atoms. The van der Waals surface area contributed by atoms with E-state index in [4.69, 9.17) is 4.99 Å². The lowest BCUT2D eigenvalue weighted by molar-refractivity contribution is 0.478. The SMILES string of the molecule is CCC/N=c1\sc2c(C)c(O)c3ccccc3c2n1CCC.Cl. The fourth-order valence-corrected chi connectivity index (χ4v) is 4.09. The molecule has 0 radical (unpaired) electrons. The summed E-state index contributed by atoms with van der Waals surface area (Å²) in [5.74, 6) is 0.398. The molecule has 0 saturated heterocycles. The third-order valence-electron chi connectivity index (χ3n) is 3.96. The van der Waals surface area contributed by atoms with Gasteiger partial charge in [0, 0.05) is 29.4 Å². The highest BCUT2D eigenvalue weighted by atomic mass is 35.5. The van der Waals surface area contributed by atoms with Crippen LogP contribution < -0.4 is 4.80 Å². The monoisotopic (exact) mass is 350 g/mol. The molecule has 1 N–H and O–H groups in total. The summed E-state index contributed by atoms with van der Waals surface area (Å²) in [7, 11) is 0. The molecular formula is C18H23ClN2OS. The standard InChI is InChI=1S/C18H22N2OS.ClH/c1-4-10-19-18-20(11-5-2)15-13-8-6-7-9-14(13)16(21)12(3)17(15)22-18;/h6-9,21H,4-5,10-11H2,1-3H3;1H/b19-18-;. The van der Waals surface area contributed by atoms with Crippen molar-refractivity contribution in [3.05, 3.63) is 34.6 Å². The first-order valence-corrected chi connectivity index (χ1v) is 8.74. The zero-order valence-corrected chi connectivity index (χ0v) is 15.4. The van der Waals surface area contributed by atoms with E-state index in [1.807, 2.05) is 25.1 Å². The fourth-order valence-electron chi connectivity index (χ4n) is 2.90. The van der Waals surface area contributed by atoms with Gasteiger partial charge in [-0.1, -0.05) is 49.4 Å². The van der Waals surface area contributed by atoms with Crippen LogP contribution >= 0.6 is 23.7 Å². The lowest BCUT2D eigenvalue weighted by atomic mass is 10.0. The van der Waals surface area contributed by atoms with Crippen molar-refractivity contribution >= 4 is 44.7 Å². The molecule has 0 spiro atoms. The lowest BCUT2D eigenvalue weighted by Gasteiger charge is -2.10. The van der Waals surface area contributed by atoms with E-state index in [0.717, 1.165) is 51.8 Å². The van der Waals surface area contributed by atoms with Crippen LogP contribution in [0.2, 0.25) is 0 Å². The topological polar surface area (TPSA) is 37.5 Å². The molecule has 0 fully saturated rings. The zero-order valence-electron chi connectivity index (χ0n) is 13.8. The van der Waals surface area contributed by atoms with Crippen LogP contribution in [-0.4, -0.2) is 16.2 Å². The van der Waals surface area contributed by atoms with E-state index in [0.29, 0.717) is 5.75 Å². The van der Waals surface area contributed by atoms with Gasteiger partial charge in [-0.25, -0.2) is 0 Å². The van der Waals surface area contributed by atoms with Crippen LogP contribution in [0.1, 0.15) is 32.3 Å². The number of fused-ring (bicyclic) bond motifs is 3. The Kier molecular flexibility index (Phi) is 5.71. The van der Waals surface area contributed by atoms with Gasteiger partial charge < -0.3 is 9.67 Å². The van der Waals surface area contributed by atoms with Crippen molar-refractivity contribution in [3.63, 3.8) is 0 Å². The molecule has 5 heteroatoms. The Hall–Kier alpha value is -1.52. The zero-order chi connectivity index (χ0) is 15.7. The number of phenolic OH excluding ortho intramolecular Hbond substituents is 1. The summed E-state index contributed by atoms with van der Waals surface area (Å²) in [4.78, 5) is 5.83. The molecule has 0 amide bonds. The first kappa shape index (κ1) is 17.8. The molecule has 0 atom stereocenters. The van der Waals surface area contributed by atoms with Gasteiger partial charge in [-0.05, 0) is 19.8 Å². The van der Waals surface area contributed by atoms with Gasteiger partial charge in [-0.3, -0.25) is 4.99 Å². The number of rotatable bonds is 4. The van der Waals surface area contributed by atoms with E-state index in [1.165, 1.54) is 5.52 Å². The molecule has 0 aliphatic rings. The van der Waals surface area contributed by atoms with Crippen molar-refractivity contribution in [1.29, 1.82) is 0 Å². The smallest absolute Gasteiger partial charge is 0.185 e. The first-order valence-electron chi connectivity index (χ1n) is 7.93. The Balaban J connectivity index is 0.00000192. The highest BCUT2D eigenvalue weighted by Crippen LogP contribution is 2.38. The second-order valence-electron chi connectivity index (χ2n) is 5.61. The molecule has 124 valence electrons. The molecule has 3 aromatic rings. The fraction of sp³-hybridized carbons (Fsp3) is 0.389. The third kappa shape index (κ3) is 2.98. The predicted molar refractivity (Wildman–Crippen MR) is 102 cm³/mol. The Morgan fingerprint density at radius 1 is 1.13 bits per heavy atom. The highest BCUT2D eigenvalue weighted by molar-refractivity contribution is 7.16. The van der Waals surface area contributed by atoms with E-state index < -0.39 is 0 Å². The molecule has 0 aliphatic carbocycles. The van der Waals surface area contributed by atoms with Crippen molar-refractivity contribution < 1.29 is 5.11 Å². The average molecular weight is 351 g/mol. The maximum absolute atomic E-state index is 10.5. The number of thiazole rings is 1. The van der Waals surface area contributed by atoms with E-state index in [9.17, 15) is 5.11 Å². The van der Waals surface area contributed by atoms with Gasteiger partial charge >= 0.3 is 0 Å². The normalized spacial score (nSPS) is 12.0. The molecule has 0 saturated carbocycles. The summed E-state index contributed by atoms with van der Waals surface area (Å²) in [6, 6.07) is 8.10. The van der Waals surface area contributed by atoms with Crippen LogP contribution in [0.4, 0.5) is 0 Å². The van der Waals surface area contributed by atoms with Gasteiger partial charge in [0.25, 0.3) is 0 Å². The number of aromatic nitrogens is 1. The molecule has 0 bridgehead atoms. The van der Waals surface area contributed by atoms with Crippen molar-refractivity contribution in [2.75, 3.05) is 6.54 Å². The minimum Gasteiger partial charge on any atom is -0.507 e. The minimum absolute atomic E-state index is 0. The summed E-state index contributed by atoms with van der Waals surface area (Å²) < 4.78 is 3.48. The molecule has 1 heterocycles. The van der Waals surface area contributed by atoms with Crippen molar-refractivity contribution in [1.82, 2.24) is 4.57 Å². The highest BCUT2D eigenvalue weighted by Gasteiger charge is 2.16. The Morgan fingerprint density at radius 3 is 2.48 bits per heavy atom. The van der Waals surface area contributed by atoms with Crippen molar-refractivity contribution in [2.45, 2.75) is 40.2 Å². The first-order chi connectivity index (χ1) is 10.7. The van der Waals surface area contributed by atoms with E-state index in [-0.39, 0.29) is 12.4 Å². The molecule has 3 rings (SSSR count). The Bertz CT molecular complexity index is 895.